The lowest BCUT2D eigenvalue weighted by molar-refractivity contribution is 0.363. The number of phenolic OH excluding ortho intramolecular Hbond substituents is 1. The summed E-state index contributed by atoms with van der Waals surface area (Å²) >= 11 is 0. The van der Waals surface area contributed by atoms with Crippen molar-refractivity contribution in [2.24, 2.45) is 11.8 Å². The van der Waals surface area contributed by atoms with Gasteiger partial charge in [-0.1, -0.05) is 26.3 Å². The van der Waals surface area contributed by atoms with E-state index in [1.54, 1.807) is 6.07 Å². The molecule has 76 valence electrons. The maximum absolute atomic E-state index is 9.38. The van der Waals surface area contributed by atoms with E-state index < -0.39 is 0 Å². The Morgan fingerprint density at radius 3 is 2.79 bits per heavy atom. The van der Waals surface area contributed by atoms with Crippen LogP contribution in [-0.4, -0.2) is 5.11 Å². The summed E-state index contributed by atoms with van der Waals surface area (Å²) < 4.78 is 0. The lowest BCUT2D eigenvalue weighted by atomic mass is 9.89. The molecule has 14 heavy (non-hydrogen) atoms. The average molecular weight is 190 g/mol. The number of rotatable bonds is 2. The molecule has 1 N–H and O–H groups in total. The SMILES string of the molecule is CCC(C)C1Cc2ccc(O)cc2C1. The Labute approximate surface area is 85.8 Å². The van der Waals surface area contributed by atoms with Crippen LogP contribution in [0.15, 0.2) is 18.2 Å². The van der Waals surface area contributed by atoms with Crippen molar-refractivity contribution >= 4 is 0 Å². The van der Waals surface area contributed by atoms with Crippen LogP contribution in [0.25, 0.3) is 0 Å². The molecule has 0 saturated heterocycles. The minimum absolute atomic E-state index is 0.411. The molecule has 1 aliphatic carbocycles. The molecule has 0 fully saturated rings. The normalized spacial score (nSPS) is 22.0. The summed E-state index contributed by atoms with van der Waals surface area (Å²) in [5, 5.41) is 9.38. The molecule has 0 aromatic heterocycles. The highest BCUT2D eigenvalue weighted by atomic mass is 16.3. The zero-order valence-corrected chi connectivity index (χ0v) is 8.96. The van der Waals surface area contributed by atoms with Crippen molar-refractivity contribution in [2.45, 2.75) is 33.1 Å². The Bertz CT molecular complexity index is 330. The fraction of sp³-hybridized carbons (Fsp3) is 0.538. The highest BCUT2D eigenvalue weighted by molar-refractivity contribution is 5.38. The van der Waals surface area contributed by atoms with Crippen molar-refractivity contribution in [1.82, 2.24) is 0 Å². The second-order valence-corrected chi connectivity index (χ2v) is 4.51. The first-order chi connectivity index (χ1) is 6.70. The van der Waals surface area contributed by atoms with Gasteiger partial charge in [-0.15, -0.1) is 0 Å². The number of fused-ring (bicyclic) bond motifs is 1. The van der Waals surface area contributed by atoms with Crippen molar-refractivity contribution in [1.29, 1.82) is 0 Å². The topological polar surface area (TPSA) is 20.2 Å². The fourth-order valence-corrected chi connectivity index (χ4v) is 2.37. The van der Waals surface area contributed by atoms with Crippen molar-refractivity contribution < 1.29 is 5.11 Å². The predicted molar refractivity (Wildman–Crippen MR) is 58.5 cm³/mol. The van der Waals surface area contributed by atoms with Crippen LogP contribution in [0.4, 0.5) is 0 Å². The Balaban J connectivity index is 2.17. The summed E-state index contributed by atoms with van der Waals surface area (Å²) in [7, 11) is 0. The molecule has 0 spiro atoms. The number of benzene rings is 1. The van der Waals surface area contributed by atoms with Crippen LogP contribution < -0.4 is 0 Å². The molecular weight excluding hydrogens is 172 g/mol. The maximum atomic E-state index is 9.38. The maximum Gasteiger partial charge on any atom is 0.115 e. The van der Waals surface area contributed by atoms with Crippen LogP contribution in [-0.2, 0) is 12.8 Å². The van der Waals surface area contributed by atoms with Crippen LogP contribution in [0.5, 0.6) is 5.75 Å². The van der Waals surface area contributed by atoms with E-state index in [4.69, 9.17) is 0 Å². The standard InChI is InChI=1S/C13H18O/c1-3-9(2)11-6-10-4-5-13(14)8-12(10)7-11/h4-5,8-9,11,14H,3,6-7H2,1-2H3. The Hall–Kier alpha value is -0.980. The third kappa shape index (κ3) is 1.63. The van der Waals surface area contributed by atoms with Gasteiger partial charge in [-0.25, -0.2) is 0 Å². The lowest BCUT2D eigenvalue weighted by Crippen LogP contribution is -2.10. The Morgan fingerprint density at radius 2 is 2.07 bits per heavy atom. The molecule has 0 bridgehead atoms. The zero-order chi connectivity index (χ0) is 10.1. The average Bonchev–Trinajstić information content (AvgIpc) is 2.59. The van der Waals surface area contributed by atoms with Crippen molar-refractivity contribution in [2.75, 3.05) is 0 Å². The van der Waals surface area contributed by atoms with Crippen LogP contribution in [0.3, 0.4) is 0 Å². The van der Waals surface area contributed by atoms with Gasteiger partial charge in [-0.3, -0.25) is 0 Å². The zero-order valence-electron chi connectivity index (χ0n) is 8.96. The molecule has 2 rings (SSSR count). The number of phenols is 1. The fourth-order valence-electron chi connectivity index (χ4n) is 2.37. The van der Waals surface area contributed by atoms with Crippen molar-refractivity contribution in [3.63, 3.8) is 0 Å². The highest BCUT2D eigenvalue weighted by Crippen LogP contribution is 2.34. The van der Waals surface area contributed by atoms with E-state index in [0.29, 0.717) is 5.75 Å². The van der Waals surface area contributed by atoms with Crippen molar-refractivity contribution in [3.8, 4) is 5.75 Å². The first-order valence-corrected chi connectivity index (χ1v) is 5.51. The van der Waals surface area contributed by atoms with E-state index in [9.17, 15) is 5.11 Å². The van der Waals surface area contributed by atoms with E-state index in [0.717, 1.165) is 18.3 Å². The molecule has 1 heteroatoms. The summed E-state index contributed by atoms with van der Waals surface area (Å²) in [6.07, 6.45) is 3.61. The molecule has 0 radical (unpaired) electrons. The van der Waals surface area contributed by atoms with E-state index >= 15 is 0 Å². The predicted octanol–water partition coefficient (Wildman–Crippen LogP) is 3.15. The summed E-state index contributed by atoms with van der Waals surface area (Å²) in [5.41, 5.74) is 2.79. The molecule has 2 atom stereocenters. The second-order valence-electron chi connectivity index (χ2n) is 4.51. The van der Waals surface area contributed by atoms with Gasteiger partial charge in [0.15, 0.2) is 0 Å². The molecule has 1 aromatic rings. The summed E-state index contributed by atoms with van der Waals surface area (Å²) in [5.74, 6) is 2.00. The Kier molecular flexibility index (Phi) is 2.49. The Morgan fingerprint density at radius 1 is 1.36 bits per heavy atom. The van der Waals surface area contributed by atoms with Crippen LogP contribution in [0.1, 0.15) is 31.4 Å². The molecular formula is C13H18O. The van der Waals surface area contributed by atoms with Gasteiger partial charge in [0.05, 0.1) is 0 Å². The van der Waals surface area contributed by atoms with Gasteiger partial charge in [-0.05, 0) is 47.9 Å². The molecule has 1 nitrogen and oxygen atoms in total. The third-order valence-corrected chi connectivity index (χ3v) is 3.60. The summed E-state index contributed by atoms with van der Waals surface area (Å²) in [6.45, 7) is 4.58. The van der Waals surface area contributed by atoms with E-state index in [1.165, 1.54) is 24.0 Å². The number of aromatic hydroxyl groups is 1. The van der Waals surface area contributed by atoms with Crippen LogP contribution in [0, 0.1) is 11.8 Å². The second kappa shape index (κ2) is 3.64. The molecule has 2 unspecified atom stereocenters. The van der Waals surface area contributed by atoms with E-state index in [2.05, 4.69) is 19.9 Å². The summed E-state index contributed by atoms with van der Waals surface area (Å²) in [4.78, 5) is 0. The molecule has 1 aromatic carbocycles. The molecule has 0 saturated carbocycles. The monoisotopic (exact) mass is 190 g/mol. The van der Waals surface area contributed by atoms with Gasteiger partial charge >= 0.3 is 0 Å². The van der Waals surface area contributed by atoms with Gasteiger partial charge in [0.2, 0.25) is 0 Å². The minimum Gasteiger partial charge on any atom is -0.508 e. The van der Waals surface area contributed by atoms with Gasteiger partial charge < -0.3 is 5.11 Å². The van der Waals surface area contributed by atoms with Crippen LogP contribution >= 0.6 is 0 Å². The third-order valence-electron chi connectivity index (χ3n) is 3.60. The quantitative estimate of drug-likeness (QED) is 0.759. The lowest BCUT2D eigenvalue weighted by Gasteiger charge is -2.16. The molecule has 0 aliphatic heterocycles. The highest BCUT2D eigenvalue weighted by Gasteiger charge is 2.25. The first-order valence-electron chi connectivity index (χ1n) is 5.51. The molecule has 0 amide bonds. The van der Waals surface area contributed by atoms with E-state index in [1.807, 2.05) is 6.07 Å². The summed E-state index contributed by atoms with van der Waals surface area (Å²) in [6, 6.07) is 5.81. The first kappa shape index (κ1) is 9.57. The van der Waals surface area contributed by atoms with Gasteiger partial charge in [0.25, 0.3) is 0 Å². The van der Waals surface area contributed by atoms with Crippen LogP contribution in [0.2, 0.25) is 0 Å². The van der Waals surface area contributed by atoms with Gasteiger partial charge in [-0.2, -0.15) is 0 Å². The number of hydrogen-bond acceptors (Lipinski definition) is 1. The molecule has 1 aliphatic rings. The molecule has 0 heterocycles. The van der Waals surface area contributed by atoms with Gasteiger partial charge in [0, 0.05) is 0 Å². The smallest absolute Gasteiger partial charge is 0.115 e. The van der Waals surface area contributed by atoms with Crippen molar-refractivity contribution in [3.05, 3.63) is 29.3 Å². The number of hydrogen-bond donors (Lipinski definition) is 1. The van der Waals surface area contributed by atoms with E-state index in [-0.39, 0.29) is 0 Å². The van der Waals surface area contributed by atoms with Gasteiger partial charge in [0.1, 0.15) is 5.75 Å². The minimum atomic E-state index is 0.411. The largest absolute Gasteiger partial charge is 0.508 e.